The Kier molecular flexibility index (Phi) is 12.0. The number of amides is 1. The Hall–Kier alpha value is -1.56. The first-order valence-electron chi connectivity index (χ1n) is 11.1. The number of carbonyl (C=O) groups is 1. The number of carbonyl (C=O) groups excluding carboxylic acids is 1. The van der Waals surface area contributed by atoms with Crippen LogP contribution >= 0.6 is 0 Å². The van der Waals surface area contributed by atoms with Crippen LogP contribution in [-0.2, 0) is 21.2 Å². The van der Waals surface area contributed by atoms with Crippen molar-refractivity contribution in [1.82, 2.24) is 5.32 Å². The van der Waals surface area contributed by atoms with Crippen molar-refractivity contribution in [2.75, 3.05) is 23.7 Å². The van der Waals surface area contributed by atoms with Gasteiger partial charge < -0.3 is 5.32 Å². The van der Waals surface area contributed by atoms with Gasteiger partial charge in [-0.15, -0.1) is 0 Å². The Morgan fingerprint density at radius 3 is 2.24 bits per heavy atom. The molecule has 0 radical (unpaired) electrons. The molecule has 0 unspecified atom stereocenters. The van der Waals surface area contributed by atoms with E-state index in [2.05, 4.69) is 26.1 Å². The Bertz CT molecular complexity index is 687. The van der Waals surface area contributed by atoms with Crippen LogP contribution in [0, 0.1) is 5.92 Å². The smallest absolute Gasteiger partial charge is 0.232 e. The fourth-order valence-electron chi connectivity index (χ4n) is 3.37. The van der Waals surface area contributed by atoms with Crippen LogP contribution in [0.4, 0.5) is 5.69 Å². The van der Waals surface area contributed by atoms with Crippen molar-refractivity contribution in [1.29, 1.82) is 0 Å². The van der Waals surface area contributed by atoms with Crippen LogP contribution in [0.2, 0.25) is 0 Å². The second-order valence-electron chi connectivity index (χ2n) is 7.93. The molecule has 0 aliphatic heterocycles. The van der Waals surface area contributed by atoms with Gasteiger partial charge in [-0.2, -0.15) is 0 Å². The molecule has 1 aromatic rings. The standard InChI is InChI=1S/C23H40N2O3S/c1-5-8-11-20(7-3)19-24-23(26)13-10-18-25(29(4,27)28)22-16-14-21(15-17-22)12-9-6-2/h14-17,20H,5-13,18-19H2,1-4H3,(H,24,26)/t20-/m1/s1. The van der Waals surface area contributed by atoms with Gasteiger partial charge in [0.25, 0.3) is 0 Å². The van der Waals surface area contributed by atoms with Gasteiger partial charge in [0.2, 0.25) is 15.9 Å². The van der Waals surface area contributed by atoms with Gasteiger partial charge in [0, 0.05) is 19.5 Å². The van der Waals surface area contributed by atoms with Gasteiger partial charge in [-0.25, -0.2) is 8.42 Å². The minimum Gasteiger partial charge on any atom is -0.356 e. The summed E-state index contributed by atoms with van der Waals surface area (Å²) in [6.07, 6.45) is 9.90. The third-order valence-electron chi connectivity index (χ3n) is 5.34. The van der Waals surface area contributed by atoms with Gasteiger partial charge in [-0.3, -0.25) is 9.10 Å². The number of anilines is 1. The molecule has 5 nitrogen and oxygen atoms in total. The summed E-state index contributed by atoms with van der Waals surface area (Å²) in [5, 5.41) is 3.01. The Morgan fingerprint density at radius 1 is 1.03 bits per heavy atom. The number of nitrogens with one attached hydrogen (secondary N) is 1. The zero-order chi connectivity index (χ0) is 21.7. The lowest BCUT2D eigenvalue weighted by Crippen LogP contribution is -2.33. The van der Waals surface area contributed by atoms with Crippen molar-refractivity contribution in [3.05, 3.63) is 29.8 Å². The van der Waals surface area contributed by atoms with E-state index in [9.17, 15) is 13.2 Å². The van der Waals surface area contributed by atoms with Crippen LogP contribution in [0.15, 0.2) is 24.3 Å². The summed E-state index contributed by atoms with van der Waals surface area (Å²) in [4.78, 5) is 12.2. The zero-order valence-electron chi connectivity index (χ0n) is 18.7. The zero-order valence-corrected chi connectivity index (χ0v) is 19.6. The number of sulfonamides is 1. The molecular formula is C23H40N2O3S. The number of nitrogens with zero attached hydrogens (tertiary/aromatic N) is 1. The summed E-state index contributed by atoms with van der Waals surface area (Å²) in [5.41, 5.74) is 1.88. The molecule has 0 aliphatic rings. The van der Waals surface area contributed by atoms with Gasteiger partial charge >= 0.3 is 0 Å². The molecule has 1 amide bonds. The van der Waals surface area contributed by atoms with E-state index in [1.165, 1.54) is 29.0 Å². The number of rotatable bonds is 15. The van der Waals surface area contributed by atoms with E-state index < -0.39 is 10.0 Å². The van der Waals surface area contributed by atoms with E-state index in [0.717, 1.165) is 32.1 Å². The van der Waals surface area contributed by atoms with Gasteiger partial charge in [-0.05, 0) is 49.3 Å². The summed E-state index contributed by atoms with van der Waals surface area (Å²) < 4.78 is 25.9. The van der Waals surface area contributed by atoms with Crippen LogP contribution in [0.3, 0.4) is 0 Å². The van der Waals surface area contributed by atoms with E-state index in [1.807, 2.05) is 24.3 Å². The van der Waals surface area contributed by atoms with Crippen molar-refractivity contribution in [2.24, 2.45) is 5.92 Å². The molecule has 1 N–H and O–H groups in total. The van der Waals surface area contributed by atoms with Crippen molar-refractivity contribution < 1.29 is 13.2 Å². The topological polar surface area (TPSA) is 66.5 Å². The van der Waals surface area contributed by atoms with E-state index in [1.54, 1.807) is 0 Å². The molecule has 0 fully saturated rings. The van der Waals surface area contributed by atoms with Gasteiger partial charge in [-0.1, -0.05) is 58.6 Å². The molecule has 166 valence electrons. The van der Waals surface area contributed by atoms with Gasteiger partial charge in [0.05, 0.1) is 11.9 Å². The second-order valence-corrected chi connectivity index (χ2v) is 9.84. The fraction of sp³-hybridized carbons (Fsp3) is 0.696. The van der Waals surface area contributed by atoms with Crippen LogP contribution in [-0.4, -0.2) is 33.7 Å². The molecule has 0 bridgehead atoms. The molecule has 0 saturated heterocycles. The number of benzene rings is 1. The summed E-state index contributed by atoms with van der Waals surface area (Å²) >= 11 is 0. The highest BCUT2D eigenvalue weighted by atomic mass is 32.2. The molecule has 0 heterocycles. The lowest BCUT2D eigenvalue weighted by Gasteiger charge is -2.22. The van der Waals surface area contributed by atoms with Crippen LogP contribution in [0.1, 0.15) is 77.7 Å². The first-order valence-corrected chi connectivity index (χ1v) is 13.0. The highest BCUT2D eigenvalue weighted by Gasteiger charge is 2.18. The molecule has 0 aliphatic carbocycles. The highest BCUT2D eigenvalue weighted by Crippen LogP contribution is 2.20. The average molecular weight is 425 g/mol. The molecule has 1 atom stereocenters. The first kappa shape index (κ1) is 25.5. The molecule has 0 spiro atoms. The quantitative estimate of drug-likeness (QED) is 0.435. The minimum absolute atomic E-state index is 0.00307. The molecule has 6 heteroatoms. The Morgan fingerprint density at radius 2 is 1.69 bits per heavy atom. The fourth-order valence-corrected chi connectivity index (χ4v) is 4.33. The lowest BCUT2D eigenvalue weighted by atomic mass is 9.99. The second kappa shape index (κ2) is 13.6. The monoisotopic (exact) mass is 424 g/mol. The summed E-state index contributed by atoms with van der Waals surface area (Å²) in [5.74, 6) is 0.529. The van der Waals surface area contributed by atoms with Crippen LogP contribution in [0.5, 0.6) is 0 Å². The molecule has 0 saturated carbocycles. The van der Waals surface area contributed by atoms with Crippen LogP contribution in [0.25, 0.3) is 0 Å². The Balaban J connectivity index is 2.55. The molecule has 1 rings (SSSR count). The maximum atomic E-state index is 12.2. The number of hydrogen-bond acceptors (Lipinski definition) is 3. The van der Waals surface area contributed by atoms with E-state index in [0.29, 0.717) is 37.5 Å². The maximum Gasteiger partial charge on any atom is 0.232 e. The normalized spacial score (nSPS) is 12.6. The number of hydrogen-bond donors (Lipinski definition) is 1. The Labute approximate surface area is 178 Å². The van der Waals surface area contributed by atoms with Crippen molar-refractivity contribution in [2.45, 2.75) is 78.6 Å². The van der Waals surface area contributed by atoms with E-state index in [4.69, 9.17) is 0 Å². The van der Waals surface area contributed by atoms with Crippen LogP contribution < -0.4 is 9.62 Å². The molecule has 1 aromatic carbocycles. The summed E-state index contributed by atoms with van der Waals surface area (Å²) in [6.45, 7) is 7.52. The summed E-state index contributed by atoms with van der Waals surface area (Å²) in [6, 6.07) is 7.73. The predicted octanol–water partition coefficient (Wildman–Crippen LogP) is 4.91. The average Bonchev–Trinajstić information content (AvgIpc) is 2.69. The molecular weight excluding hydrogens is 384 g/mol. The largest absolute Gasteiger partial charge is 0.356 e. The predicted molar refractivity (Wildman–Crippen MR) is 123 cm³/mol. The highest BCUT2D eigenvalue weighted by molar-refractivity contribution is 7.92. The van der Waals surface area contributed by atoms with Gasteiger partial charge in [0.1, 0.15) is 0 Å². The van der Waals surface area contributed by atoms with Gasteiger partial charge in [0.15, 0.2) is 0 Å². The SMILES string of the molecule is CCCCc1ccc(N(CCCC(=O)NC[C@H](CC)CCCC)S(C)(=O)=O)cc1. The number of aryl methyl sites for hydroxylation is 1. The minimum atomic E-state index is -3.38. The maximum absolute atomic E-state index is 12.2. The molecule has 0 aromatic heterocycles. The summed E-state index contributed by atoms with van der Waals surface area (Å²) in [7, 11) is -3.38. The third kappa shape index (κ3) is 10.2. The molecule has 29 heavy (non-hydrogen) atoms. The number of unbranched alkanes of at least 4 members (excludes halogenated alkanes) is 2. The lowest BCUT2D eigenvalue weighted by molar-refractivity contribution is -0.121. The first-order chi connectivity index (χ1) is 13.8. The van der Waals surface area contributed by atoms with Crippen molar-refractivity contribution >= 4 is 21.6 Å². The van der Waals surface area contributed by atoms with E-state index >= 15 is 0 Å². The van der Waals surface area contributed by atoms with Crippen molar-refractivity contribution in [3.8, 4) is 0 Å². The van der Waals surface area contributed by atoms with Crippen molar-refractivity contribution in [3.63, 3.8) is 0 Å². The third-order valence-corrected chi connectivity index (χ3v) is 6.53. The van der Waals surface area contributed by atoms with E-state index in [-0.39, 0.29) is 5.91 Å².